The van der Waals surface area contributed by atoms with E-state index in [1.165, 1.54) is 33.0 Å². The fourth-order valence-corrected chi connectivity index (χ4v) is 4.22. The van der Waals surface area contributed by atoms with E-state index < -0.39 is 0 Å². The van der Waals surface area contributed by atoms with Gasteiger partial charge in [-0.25, -0.2) is 0 Å². The SMILES string of the molecule is CCc1cc(C(C)(C)CC)c2oc3c(C(C)(C)CC)cc(C(C)(C)CC)cc3c2c1. The molecule has 0 spiro atoms. The van der Waals surface area contributed by atoms with Crippen LogP contribution in [-0.2, 0) is 22.7 Å². The molecule has 3 aromatic rings. The zero-order chi connectivity index (χ0) is 22.5. The van der Waals surface area contributed by atoms with E-state index in [4.69, 9.17) is 4.42 Å². The van der Waals surface area contributed by atoms with E-state index in [-0.39, 0.29) is 16.2 Å². The van der Waals surface area contributed by atoms with Crippen LogP contribution in [0.3, 0.4) is 0 Å². The number of hydrogen-bond acceptors (Lipinski definition) is 1. The number of rotatable bonds is 7. The van der Waals surface area contributed by atoms with E-state index in [9.17, 15) is 0 Å². The van der Waals surface area contributed by atoms with Gasteiger partial charge in [-0.2, -0.15) is 0 Å². The van der Waals surface area contributed by atoms with Crippen LogP contribution in [-0.4, -0.2) is 0 Å². The van der Waals surface area contributed by atoms with Gasteiger partial charge in [0.2, 0.25) is 0 Å². The Morgan fingerprint density at radius 1 is 0.600 bits per heavy atom. The van der Waals surface area contributed by atoms with Gasteiger partial charge in [0.1, 0.15) is 11.2 Å². The van der Waals surface area contributed by atoms with E-state index in [0.717, 1.165) is 36.8 Å². The third-order valence-corrected chi connectivity index (χ3v) is 8.03. The number of hydrogen-bond donors (Lipinski definition) is 0. The predicted octanol–water partition coefficient (Wildman–Crippen LogP) is 9.21. The van der Waals surface area contributed by atoms with Crippen LogP contribution in [0, 0.1) is 0 Å². The molecule has 0 saturated heterocycles. The summed E-state index contributed by atoms with van der Waals surface area (Å²) in [5.41, 5.74) is 8.02. The average Bonchev–Trinajstić information content (AvgIpc) is 3.10. The van der Waals surface area contributed by atoms with Crippen molar-refractivity contribution in [2.75, 3.05) is 0 Å². The van der Waals surface area contributed by atoms with Gasteiger partial charge >= 0.3 is 0 Å². The summed E-state index contributed by atoms with van der Waals surface area (Å²) in [5, 5.41) is 2.59. The van der Waals surface area contributed by atoms with Crippen molar-refractivity contribution in [1.82, 2.24) is 0 Å². The molecule has 0 unspecified atom stereocenters. The van der Waals surface area contributed by atoms with Gasteiger partial charge in [0.05, 0.1) is 0 Å². The molecule has 0 aliphatic rings. The highest BCUT2D eigenvalue weighted by Crippen LogP contribution is 2.44. The van der Waals surface area contributed by atoms with Crippen molar-refractivity contribution in [2.24, 2.45) is 0 Å². The molecular weight excluding hydrogens is 364 g/mol. The van der Waals surface area contributed by atoms with Crippen molar-refractivity contribution >= 4 is 21.9 Å². The van der Waals surface area contributed by atoms with Gasteiger partial charge in [-0.05, 0) is 65.2 Å². The standard InChI is InChI=1S/C29H42O/c1-11-19-15-21-22-17-20(27(5,6)12-2)18-24(29(9,10)14-4)26(22)30-25(21)23(16-19)28(7,8)13-3/h15-18H,11-14H2,1-10H3. The monoisotopic (exact) mass is 406 g/mol. The van der Waals surface area contributed by atoms with Gasteiger partial charge < -0.3 is 4.42 Å². The second kappa shape index (κ2) is 7.74. The predicted molar refractivity (Wildman–Crippen MR) is 133 cm³/mol. The molecule has 0 fully saturated rings. The third-order valence-electron chi connectivity index (χ3n) is 8.03. The summed E-state index contributed by atoms with van der Waals surface area (Å²) in [6.45, 7) is 23.2. The lowest BCUT2D eigenvalue weighted by Crippen LogP contribution is -2.20. The summed E-state index contributed by atoms with van der Waals surface area (Å²) in [7, 11) is 0. The zero-order valence-corrected chi connectivity index (χ0v) is 21.0. The van der Waals surface area contributed by atoms with Crippen LogP contribution in [0.4, 0.5) is 0 Å². The number of benzene rings is 2. The van der Waals surface area contributed by atoms with Crippen LogP contribution in [0.15, 0.2) is 28.7 Å². The molecular formula is C29H42O. The lowest BCUT2D eigenvalue weighted by Gasteiger charge is -2.28. The van der Waals surface area contributed by atoms with Gasteiger partial charge in [-0.1, -0.05) is 81.4 Å². The second-order valence-corrected chi connectivity index (χ2v) is 11.1. The van der Waals surface area contributed by atoms with Crippen LogP contribution in [0.2, 0.25) is 0 Å². The zero-order valence-electron chi connectivity index (χ0n) is 21.0. The maximum absolute atomic E-state index is 6.79. The van der Waals surface area contributed by atoms with Crippen molar-refractivity contribution in [1.29, 1.82) is 0 Å². The van der Waals surface area contributed by atoms with Gasteiger partial charge in [0, 0.05) is 21.9 Å². The molecule has 1 heterocycles. The summed E-state index contributed by atoms with van der Waals surface area (Å²) in [6.07, 6.45) is 4.34. The van der Waals surface area contributed by atoms with Gasteiger partial charge in [0.25, 0.3) is 0 Å². The molecule has 0 N–H and O–H groups in total. The summed E-state index contributed by atoms with van der Waals surface area (Å²) in [5.74, 6) is 0. The highest BCUT2D eigenvalue weighted by atomic mass is 16.3. The highest BCUT2D eigenvalue weighted by molar-refractivity contribution is 6.08. The molecule has 0 amide bonds. The molecule has 3 rings (SSSR count). The quantitative estimate of drug-likeness (QED) is 0.381. The van der Waals surface area contributed by atoms with Crippen molar-refractivity contribution < 1.29 is 4.42 Å². The van der Waals surface area contributed by atoms with Crippen molar-refractivity contribution in [2.45, 2.75) is 111 Å². The Hall–Kier alpha value is -1.76. The topological polar surface area (TPSA) is 13.1 Å². The molecule has 0 atom stereocenters. The Kier molecular flexibility index (Phi) is 5.91. The van der Waals surface area contributed by atoms with Crippen LogP contribution in [0.25, 0.3) is 21.9 Å². The average molecular weight is 407 g/mol. The molecule has 0 saturated carbocycles. The second-order valence-electron chi connectivity index (χ2n) is 11.1. The minimum atomic E-state index is 0.0694. The van der Waals surface area contributed by atoms with Gasteiger partial charge in [-0.3, -0.25) is 0 Å². The Bertz CT molecular complexity index is 1060. The van der Waals surface area contributed by atoms with E-state index in [1.807, 2.05) is 0 Å². The fraction of sp³-hybridized carbons (Fsp3) is 0.586. The van der Waals surface area contributed by atoms with Crippen LogP contribution in [0.5, 0.6) is 0 Å². The molecule has 2 aromatic carbocycles. The van der Waals surface area contributed by atoms with E-state index in [2.05, 4.69) is 93.5 Å². The van der Waals surface area contributed by atoms with Crippen molar-refractivity contribution in [3.05, 3.63) is 46.5 Å². The first-order valence-corrected chi connectivity index (χ1v) is 12.0. The Labute approximate surface area is 184 Å². The lowest BCUT2D eigenvalue weighted by molar-refractivity contribution is 0.482. The normalized spacial score (nSPS) is 13.5. The Morgan fingerprint density at radius 2 is 1.07 bits per heavy atom. The maximum Gasteiger partial charge on any atom is 0.139 e. The van der Waals surface area contributed by atoms with E-state index in [0.29, 0.717) is 0 Å². The molecule has 0 bridgehead atoms. The van der Waals surface area contributed by atoms with Crippen LogP contribution in [0.1, 0.15) is 111 Å². The molecule has 1 aromatic heterocycles. The van der Waals surface area contributed by atoms with E-state index in [1.54, 1.807) is 0 Å². The summed E-state index contributed by atoms with van der Waals surface area (Å²) >= 11 is 0. The lowest BCUT2D eigenvalue weighted by atomic mass is 9.75. The molecule has 0 aliphatic heterocycles. The van der Waals surface area contributed by atoms with Gasteiger partial charge in [0.15, 0.2) is 0 Å². The molecule has 1 nitrogen and oxygen atoms in total. The van der Waals surface area contributed by atoms with E-state index >= 15 is 0 Å². The first-order valence-electron chi connectivity index (χ1n) is 12.0. The first-order chi connectivity index (χ1) is 13.9. The first kappa shape index (κ1) is 22.9. The minimum Gasteiger partial charge on any atom is -0.455 e. The highest BCUT2D eigenvalue weighted by Gasteiger charge is 2.30. The molecule has 30 heavy (non-hydrogen) atoms. The number of aryl methyl sites for hydroxylation is 1. The van der Waals surface area contributed by atoms with Gasteiger partial charge in [-0.15, -0.1) is 0 Å². The van der Waals surface area contributed by atoms with Crippen LogP contribution < -0.4 is 0 Å². The Balaban J connectivity index is 2.53. The van der Waals surface area contributed by atoms with Crippen molar-refractivity contribution in [3.8, 4) is 0 Å². The molecule has 1 heteroatoms. The maximum atomic E-state index is 6.79. The minimum absolute atomic E-state index is 0.0694. The molecule has 0 radical (unpaired) electrons. The number of fused-ring (bicyclic) bond motifs is 3. The Morgan fingerprint density at radius 3 is 1.53 bits per heavy atom. The summed E-state index contributed by atoms with van der Waals surface area (Å²) in [4.78, 5) is 0. The largest absolute Gasteiger partial charge is 0.455 e. The van der Waals surface area contributed by atoms with Crippen molar-refractivity contribution in [3.63, 3.8) is 0 Å². The molecule has 164 valence electrons. The smallest absolute Gasteiger partial charge is 0.139 e. The molecule has 0 aliphatic carbocycles. The summed E-state index contributed by atoms with van der Waals surface area (Å²) in [6, 6.07) is 9.61. The fourth-order valence-electron chi connectivity index (χ4n) is 4.22. The summed E-state index contributed by atoms with van der Waals surface area (Å²) < 4.78 is 6.79. The third kappa shape index (κ3) is 3.70. The number of furan rings is 1. The van der Waals surface area contributed by atoms with Crippen LogP contribution >= 0.6 is 0 Å².